The average molecular weight is 363 g/mol. The Bertz CT molecular complexity index is 811. The summed E-state index contributed by atoms with van der Waals surface area (Å²) in [6.45, 7) is 2.29. The van der Waals surface area contributed by atoms with Crippen LogP contribution >= 0.6 is 0 Å². The lowest BCUT2D eigenvalue weighted by molar-refractivity contribution is -0.704. The van der Waals surface area contributed by atoms with Gasteiger partial charge in [0, 0.05) is 17.7 Å². The number of benzene rings is 3. The zero-order valence-electron chi connectivity index (χ0n) is 15.3. The van der Waals surface area contributed by atoms with Crippen molar-refractivity contribution in [2.45, 2.75) is 25.6 Å². The first-order valence-electron chi connectivity index (χ1n) is 9.10. The zero-order valence-corrected chi connectivity index (χ0v) is 15.3. The molecule has 0 fully saturated rings. The number of nitrogens with one attached hydrogen (secondary N) is 1. The van der Waals surface area contributed by atoms with Crippen LogP contribution in [0.3, 0.4) is 0 Å². The Balaban J connectivity index is 1.67. The first-order chi connectivity index (χ1) is 13.1. The van der Waals surface area contributed by atoms with E-state index in [-0.39, 0.29) is 23.8 Å². The van der Waals surface area contributed by atoms with Crippen molar-refractivity contribution in [3.8, 4) is 0 Å². The van der Waals surface area contributed by atoms with E-state index in [0.29, 0.717) is 6.54 Å². The lowest BCUT2D eigenvalue weighted by Crippen LogP contribution is -2.92. The molecule has 3 aromatic rings. The van der Waals surface area contributed by atoms with Crippen molar-refractivity contribution in [3.63, 3.8) is 0 Å². The van der Waals surface area contributed by atoms with Crippen LogP contribution in [0.5, 0.6) is 0 Å². The molecule has 0 aliphatic rings. The van der Waals surface area contributed by atoms with Gasteiger partial charge < -0.3 is 10.6 Å². The first kappa shape index (κ1) is 18.8. The average Bonchev–Trinajstić information content (AvgIpc) is 2.72. The second kappa shape index (κ2) is 9.10. The van der Waals surface area contributed by atoms with Gasteiger partial charge in [-0.05, 0) is 24.6 Å². The fourth-order valence-electron chi connectivity index (χ4n) is 3.06. The molecule has 0 spiro atoms. The molecule has 0 aliphatic heterocycles. The van der Waals surface area contributed by atoms with Crippen molar-refractivity contribution < 1.29 is 14.5 Å². The number of carbonyl (C=O) groups excluding carboxylic acids is 1. The molecule has 0 heterocycles. The van der Waals surface area contributed by atoms with Crippen LogP contribution in [-0.4, -0.2) is 11.9 Å². The largest absolute Gasteiger partial charge is 0.347 e. The Labute approximate surface area is 159 Å². The van der Waals surface area contributed by atoms with Crippen LogP contribution in [0.1, 0.15) is 29.7 Å². The van der Waals surface area contributed by atoms with E-state index in [1.54, 1.807) is 12.1 Å². The van der Waals surface area contributed by atoms with Gasteiger partial charge in [0.25, 0.3) is 5.91 Å². The molecular weight excluding hydrogens is 339 g/mol. The molecule has 27 heavy (non-hydrogen) atoms. The highest BCUT2D eigenvalue weighted by Gasteiger charge is 2.24. The normalized spacial score (nSPS) is 12.0. The van der Waals surface area contributed by atoms with Gasteiger partial charge in [-0.3, -0.25) is 4.79 Å². The number of rotatable bonds is 7. The van der Waals surface area contributed by atoms with Gasteiger partial charge in [-0.25, -0.2) is 4.39 Å². The summed E-state index contributed by atoms with van der Waals surface area (Å²) in [7, 11) is 0. The van der Waals surface area contributed by atoms with Crippen molar-refractivity contribution in [1.82, 2.24) is 5.32 Å². The number of amides is 1. The highest BCUT2D eigenvalue weighted by molar-refractivity contribution is 5.79. The van der Waals surface area contributed by atoms with Crippen molar-refractivity contribution in [1.29, 1.82) is 0 Å². The van der Waals surface area contributed by atoms with E-state index in [4.69, 9.17) is 0 Å². The van der Waals surface area contributed by atoms with Crippen LogP contribution in [0.15, 0.2) is 84.9 Å². The van der Waals surface area contributed by atoms with Gasteiger partial charge in [0.15, 0.2) is 6.04 Å². The van der Waals surface area contributed by atoms with Crippen molar-refractivity contribution in [3.05, 3.63) is 107 Å². The highest BCUT2D eigenvalue weighted by Crippen LogP contribution is 2.18. The lowest BCUT2D eigenvalue weighted by atomic mass is 9.98. The lowest BCUT2D eigenvalue weighted by Gasteiger charge is -2.20. The zero-order chi connectivity index (χ0) is 19.1. The number of quaternary nitrogens is 1. The van der Waals surface area contributed by atoms with E-state index in [9.17, 15) is 9.18 Å². The molecule has 1 atom stereocenters. The monoisotopic (exact) mass is 363 g/mol. The third-order valence-electron chi connectivity index (χ3n) is 4.59. The third-order valence-corrected chi connectivity index (χ3v) is 4.59. The number of hydrogen-bond acceptors (Lipinski definition) is 1. The Hall–Kier alpha value is -2.98. The SMILES string of the molecule is C[C@H]([NH2+]C(c1ccccc1)c1ccccc1)C(=O)NCc1ccc(F)cc1. The minimum atomic E-state index is -0.277. The van der Waals surface area contributed by atoms with E-state index in [1.165, 1.54) is 12.1 Å². The quantitative estimate of drug-likeness (QED) is 0.665. The molecule has 3 aromatic carbocycles. The number of halogens is 1. The van der Waals surface area contributed by atoms with Crippen LogP contribution in [0.25, 0.3) is 0 Å². The molecule has 0 radical (unpaired) electrons. The Morgan fingerprint density at radius 2 is 1.41 bits per heavy atom. The summed E-state index contributed by atoms with van der Waals surface area (Å²) < 4.78 is 13.0. The Kier molecular flexibility index (Phi) is 6.34. The minimum absolute atomic E-state index is 0.0407. The van der Waals surface area contributed by atoms with Crippen molar-refractivity contribution in [2.75, 3.05) is 0 Å². The summed E-state index contributed by atoms with van der Waals surface area (Å²) in [6.07, 6.45) is 0. The van der Waals surface area contributed by atoms with Crippen molar-refractivity contribution >= 4 is 5.91 Å². The van der Waals surface area contributed by atoms with Crippen molar-refractivity contribution in [2.24, 2.45) is 0 Å². The molecular formula is C23H24FN2O+. The standard InChI is InChI=1S/C23H23FN2O/c1-17(23(27)25-16-18-12-14-21(24)15-13-18)26-22(19-8-4-2-5-9-19)20-10-6-3-7-11-20/h2-15,17,22,26H,16H2,1H3,(H,25,27)/p+1/t17-/m0/s1. The van der Waals surface area contributed by atoms with Gasteiger partial charge in [-0.1, -0.05) is 72.8 Å². The Morgan fingerprint density at radius 3 is 1.93 bits per heavy atom. The van der Waals surface area contributed by atoms with Gasteiger partial charge in [-0.2, -0.15) is 0 Å². The predicted molar refractivity (Wildman–Crippen MR) is 104 cm³/mol. The van der Waals surface area contributed by atoms with Crippen LogP contribution < -0.4 is 10.6 Å². The summed E-state index contributed by atoms with van der Waals surface area (Å²) in [6, 6.07) is 26.3. The number of nitrogens with two attached hydrogens (primary N) is 1. The molecule has 3 rings (SSSR count). The molecule has 0 bridgehead atoms. The van der Waals surface area contributed by atoms with E-state index in [1.807, 2.05) is 43.3 Å². The van der Waals surface area contributed by atoms with Gasteiger partial charge in [0.1, 0.15) is 11.9 Å². The van der Waals surface area contributed by atoms with Gasteiger partial charge >= 0.3 is 0 Å². The van der Waals surface area contributed by atoms with Crippen LogP contribution in [-0.2, 0) is 11.3 Å². The topological polar surface area (TPSA) is 45.7 Å². The molecule has 0 aliphatic carbocycles. The van der Waals surface area contributed by atoms with Crippen LogP contribution in [0.2, 0.25) is 0 Å². The highest BCUT2D eigenvalue weighted by atomic mass is 19.1. The molecule has 3 nitrogen and oxygen atoms in total. The smallest absolute Gasteiger partial charge is 0.278 e. The molecule has 3 N–H and O–H groups in total. The molecule has 4 heteroatoms. The number of hydrogen-bond donors (Lipinski definition) is 2. The van der Waals surface area contributed by atoms with E-state index >= 15 is 0 Å². The maximum absolute atomic E-state index is 13.0. The van der Waals surface area contributed by atoms with E-state index < -0.39 is 0 Å². The van der Waals surface area contributed by atoms with Gasteiger partial charge in [-0.15, -0.1) is 0 Å². The fourth-order valence-corrected chi connectivity index (χ4v) is 3.06. The Morgan fingerprint density at radius 1 is 0.889 bits per heavy atom. The summed E-state index contributed by atoms with van der Waals surface area (Å²) >= 11 is 0. The molecule has 0 saturated carbocycles. The number of carbonyl (C=O) groups is 1. The van der Waals surface area contributed by atoms with Crippen LogP contribution in [0.4, 0.5) is 4.39 Å². The third kappa shape index (κ3) is 5.25. The summed E-state index contributed by atoms with van der Waals surface area (Å²) in [4.78, 5) is 12.6. The molecule has 1 amide bonds. The maximum Gasteiger partial charge on any atom is 0.278 e. The van der Waals surface area contributed by atoms with E-state index in [0.717, 1.165) is 16.7 Å². The summed E-state index contributed by atoms with van der Waals surface area (Å²) in [5, 5.41) is 5.01. The van der Waals surface area contributed by atoms with Crippen LogP contribution in [0, 0.1) is 5.82 Å². The van der Waals surface area contributed by atoms with E-state index in [2.05, 4.69) is 34.9 Å². The second-order valence-corrected chi connectivity index (χ2v) is 6.62. The molecule has 0 unspecified atom stereocenters. The second-order valence-electron chi connectivity index (χ2n) is 6.62. The van der Waals surface area contributed by atoms with Gasteiger partial charge in [0.2, 0.25) is 0 Å². The predicted octanol–water partition coefficient (Wildman–Crippen LogP) is 3.18. The maximum atomic E-state index is 13.0. The molecule has 0 saturated heterocycles. The summed E-state index contributed by atoms with van der Waals surface area (Å²) in [5.41, 5.74) is 3.18. The summed E-state index contributed by atoms with van der Waals surface area (Å²) in [5.74, 6) is -0.323. The molecule has 0 aromatic heterocycles. The fraction of sp³-hybridized carbons (Fsp3) is 0.174. The molecule has 138 valence electrons. The minimum Gasteiger partial charge on any atom is -0.347 e. The first-order valence-corrected chi connectivity index (χ1v) is 9.10. The van der Waals surface area contributed by atoms with Gasteiger partial charge in [0.05, 0.1) is 0 Å².